The number of aromatic amines is 1. The number of hydrogen-bond donors (Lipinski definition) is 2. The molecule has 8 nitrogen and oxygen atoms in total. The van der Waals surface area contributed by atoms with Crippen LogP contribution in [0.2, 0.25) is 0 Å². The molecule has 32 heavy (non-hydrogen) atoms. The minimum Gasteiger partial charge on any atom is -0.480 e. The molecule has 168 valence electrons. The topological polar surface area (TPSA) is 112 Å². The molecule has 0 fully saturated rings. The smallest absolute Gasteiger partial charge is 0.326 e. The molecule has 0 unspecified atom stereocenters. The number of hydrogen-bond acceptors (Lipinski definition) is 5. The van der Waals surface area contributed by atoms with Gasteiger partial charge in [0.25, 0.3) is 0 Å². The third-order valence-corrected chi connectivity index (χ3v) is 5.43. The zero-order chi connectivity index (χ0) is 22.9. The van der Waals surface area contributed by atoms with E-state index in [9.17, 15) is 14.7 Å². The molecule has 8 heteroatoms. The molecule has 0 aliphatic heterocycles. The van der Waals surface area contributed by atoms with E-state index >= 15 is 0 Å². The Morgan fingerprint density at radius 1 is 1.03 bits per heavy atom. The normalized spacial score (nSPS) is 11.8. The maximum Gasteiger partial charge on any atom is 0.326 e. The molecular weight excluding hydrogens is 406 g/mol. The van der Waals surface area contributed by atoms with Gasteiger partial charge in [-0.25, -0.2) is 9.89 Å². The number of carboxylic acid groups (broad SMARTS) is 1. The van der Waals surface area contributed by atoms with Gasteiger partial charge in [-0.2, -0.15) is 0 Å². The van der Waals surface area contributed by atoms with Crippen LogP contribution in [0, 0.1) is 0 Å². The standard InChI is InChI=1S/C24H29N5O3/c1-3-5-11-22(30)29(21(8-4-2)24(31)32)16-17-12-14-18(15-13-17)19-9-6-7-10-20(19)23-25-27-28-26-23/h6-7,9-10,12-15,21H,3-5,8,11,16H2,1-2H3,(H,31,32)(H,25,26,27,28)/t21-/m1/s1. The lowest BCUT2D eigenvalue weighted by molar-refractivity contribution is -0.151. The first-order chi connectivity index (χ1) is 15.5. The Balaban J connectivity index is 1.85. The maximum atomic E-state index is 12.8. The summed E-state index contributed by atoms with van der Waals surface area (Å²) in [4.78, 5) is 26.2. The van der Waals surface area contributed by atoms with Crippen molar-refractivity contribution in [2.24, 2.45) is 0 Å². The number of carboxylic acids is 1. The lowest BCUT2D eigenvalue weighted by Gasteiger charge is -2.29. The van der Waals surface area contributed by atoms with Crippen LogP contribution >= 0.6 is 0 Å². The number of nitrogens with zero attached hydrogens (tertiary/aromatic N) is 4. The summed E-state index contributed by atoms with van der Waals surface area (Å²) >= 11 is 0. The summed E-state index contributed by atoms with van der Waals surface area (Å²) in [5.74, 6) is -0.482. The molecule has 0 aliphatic rings. The molecule has 0 bridgehead atoms. The number of unbranched alkanes of at least 4 members (excludes halogenated alkanes) is 1. The van der Waals surface area contributed by atoms with Crippen molar-refractivity contribution >= 4 is 11.9 Å². The van der Waals surface area contributed by atoms with Gasteiger partial charge in [0.05, 0.1) is 0 Å². The van der Waals surface area contributed by atoms with Crippen molar-refractivity contribution in [3.05, 3.63) is 54.1 Å². The van der Waals surface area contributed by atoms with Crippen LogP contribution in [0.25, 0.3) is 22.5 Å². The third-order valence-electron chi connectivity index (χ3n) is 5.43. The third kappa shape index (κ3) is 5.57. The number of rotatable bonds is 11. The molecule has 0 saturated heterocycles. The molecule has 0 spiro atoms. The number of H-pyrrole nitrogens is 1. The van der Waals surface area contributed by atoms with Gasteiger partial charge in [0.2, 0.25) is 5.91 Å². The lowest BCUT2D eigenvalue weighted by atomic mass is 9.98. The molecule has 0 saturated carbocycles. The van der Waals surface area contributed by atoms with Gasteiger partial charge in [0.1, 0.15) is 6.04 Å². The number of aromatic nitrogens is 4. The fourth-order valence-corrected chi connectivity index (χ4v) is 3.73. The second-order valence-electron chi connectivity index (χ2n) is 7.76. The molecular formula is C24H29N5O3. The van der Waals surface area contributed by atoms with Gasteiger partial charge in [-0.05, 0) is 40.0 Å². The van der Waals surface area contributed by atoms with Crippen molar-refractivity contribution in [1.82, 2.24) is 25.5 Å². The predicted molar refractivity (Wildman–Crippen MR) is 121 cm³/mol. The van der Waals surface area contributed by atoms with Gasteiger partial charge in [-0.3, -0.25) is 4.79 Å². The van der Waals surface area contributed by atoms with E-state index in [1.54, 1.807) is 0 Å². The summed E-state index contributed by atoms with van der Waals surface area (Å²) < 4.78 is 0. The molecule has 0 aliphatic carbocycles. The Hall–Kier alpha value is -3.55. The van der Waals surface area contributed by atoms with Crippen molar-refractivity contribution in [3.63, 3.8) is 0 Å². The summed E-state index contributed by atoms with van der Waals surface area (Å²) in [6, 6.07) is 14.8. The number of nitrogens with one attached hydrogen (secondary N) is 1. The first-order valence-corrected chi connectivity index (χ1v) is 11.0. The van der Waals surface area contributed by atoms with Crippen LogP contribution in [-0.4, -0.2) is 48.5 Å². The minimum atomic E-state index is -0.956. The van der Waals surface area contributed by atoms with Crippen LogP contribution in [0.5, 0.6) is 0 Å². The van der Waals surface area contributed by atoms with E-state index in [0.29, 0.717) is 25.1 Å². The molecule has 1 atom stereocenters. The fraction of sp³-hybridized carbons (Fsp3) is 0.375. The van der Waals surface area contributed by atoms with Crippen LogP contribution in [-0.2, 0) is 16.1 Å². The SMILES string of the molecule is CCCCC(=O)N(Cc1ccc(-c2ccccc2-c2nnn[nH]2)cc1)[C@H](CCC)C(=O)O. The fourth-order valence-electron chi connectivity index (χ4n) is 3.73. The zero-order valence-corrected chi connectivity index (χ0v) is 18.5. The number of carbonyl (C=O) groups excluding carboxylic acids is 1. The maximum absolute atomic E-state index is 12.8. The van der Waals surface area contributed by atoms with Gasteiger partial charge in [-0.1, -0.05) is 75.2 Å². The van der Waals surface area contributed by atoms with E-state index in [2.05, 4.69) is 20.6 Å². The largest absolute Gasteiger partial charge is 0.480 e. The summed E-state index contributed by atoms with van der Waals surface area (Å²) in [5.41, 5.74) is 3.73. The van der Waals surface area contributed by atoms with E-state index < -0.39 is 12.0 Å². The van der Waals surface area contributed by atoms with Crippen LogP contribution in [0.15, 0.2) is 48.5 Å². The summed E-state index contributed by atoms with van der Waals surface area (Å²) in [6.07, 6.45) is 3.13. The summed E-state index contributed by atoms with van der Waals surface area (Å²) in [5, 5.41) is 23.8. The number of carbonyl (C=O) groups is 2. The van der Waals surface area contributed by atoms with Crippen molar-refractivity contribution < 1.29 is 14.7 Å². The Kier molecular flexibility index (Phi) is 8.08. The molecule has 2 N–H and O–H groups in total. The number of amides is 1. The van der Waals surface area contributed by atoms with E-state index in [0.717, 1.165) is 35.1 Å². The Morgan fingerprint density at radius 3 is 2.34 bits per heavy atom. The minimum absolute atomic E-state index is 0.111. The van der Waals surface area contributed by atoms with Crippen LogP contribution in [0.3, 0.4) is 0 Å². The average molecular weight is 436 g/mol. The van der Waals surface area contributed by atoms with Crippen molar-refractivity contribution in [2.75, 3.05) is 0 Å². The summed E-state index contributed by atoms with van der Waals surface area (Å²) in [6.45, 7) is 4.22. The van der Waals surface area contributed by atoms with Crippen molar-refractivity contribution in [2.45, 2.75) is 58.5 Å². The van der Waals surface area contributed by atoms with Crippen molar-refractivity contribution in [3.8, 4) is 22.5 Å². The molecule has 1 heterocycles. The molecule has 1 aromatic heterocycles. The molecule has 3 rings (SSSR count). The quantitative estimate of drug-likeness (QED) is 0.464. The molecule has 0 radical (unpaired) electrons. The average Bonchev–Trinajstić information content (AvgIpc) is 3.35. The van der Waals surface area contributed by atoms with E-state index in [4.69, 9.17) is 0 Å². The van der Waals surface area contributed by atoms with E-state index in [1.165, 1.54) is 4.90 Å². The number of benzene rings is 2. The second-order valence-corrected chi connectivity index (χ2v) is 7.76. The molecule has 1 amide bonds. The number of tetrazole rings is 1. The highest BCUT2D eigenvalue weighted by atomic mass is 16.4. The second kappa shape index (κ2) is 11.2. The van der Waals surface area contributed by atoms with E-state index in [1.807, 2.05) is 62.4 Å². The van der Waals surface area contributed by atoms with Gasteiger partial charge in [0, 0.05) is 18.5 Å². The predicted octanol–water partition coefficient (Wildman–Crippen LogP) is 4.31. The van der Waals surface area contributed by atoms with Gasteiger partial charge >= 0.3 is 5.97 Å². The Labute approximate surface area is 187 Å². The number of aliphatic carboxylic acids is 1. The molecule has 2 aromatic carbocycles. The van der Waals surface area contributed by atoms with Crippen LogP contribution < -0.4 is 0 Å². The highest BCUT2D eigenvalue weighted by molar-refractivity contribution is 5.84. The van der Waals surface area contributed by atoms with E-state index in [-0.39, 0.29) is 12.5 Å². The monoisotopic (exact) mass is 435 g/mol. The van der Waals surface area contributed by atoms with Gasteiger partial charge in [-0.15, -0.1) is 5.10 Å². The highest BCUT2D eigenvalue weighted by Crippen LogP contribution is 2.30. The molecule has 3 aromatic rings. The van der Waals surface area contributed by atoms with Crippen LogP contribution in [0.1, 0.15) is 51.5 Å². The Morgan fingerprint density at radius 2 is 1.75 bits per heavy atom. The highest BCUT2D eigenvalue weighted by Gasteiger charge is 2.28. The first-order valence-electron chi connectivity index (χ1n) is 11.0. The Bertz CT molecular complexity index is 1020. The van der Waals surface area contributed by atoms with Crippen molar-refractivity contribution in [1.29, 1.82) is 0 Å². The zero-order valence-electron chi connectivity index (χ0n) is 18.5. The first kappa shape index (κ1) is 23.1. The van der Waals surface area contributed by atoms with Crippen LogP contribution in [0.4, 0.5) is 0 Å². The lowest BCUT2D eigenvalue weighted by Crippen LogP contribution is -2.44. The van der Waals surface area contributed by atoms with Gasteiger partial charge < -0.3 is 10.0 Å². The summed E-state index contributed by atoms with van der Waals surface area (Å²) in [7, 11) is 0. The van der Waals surface area contributed by atoms with Gasteiger partial charge in [0.15, 0.2) is 5.82 Å².